The van der Waals surface area contributed by atoms with Crippen LogP contribution in [0.15, 0.2) is 53.7 Å². The molecular formula is C17H15ClN4O2. The fraction of sp³-hybridized carbons (Fsp3) is 0.118. The molecule has 0 aromatic heterocycles. The number of hydrogen-bond acceptors (Lipinski definition) is 4. The number of oxime groups is 1. The Hall–Kier alpha value is -3.04. The Morgan fingerprint density at radius 1 is 1.25 bits per heavy atom. The number of amides is 1. The number of nitriles is 1. The van der Waals surface area contributed by atoms with Gasteiger partial charge in [-0.15, -0.1) is 0 Å². The van der Waals surface area contributed by atoms with Gasteiger partial charge in [-0.05, 0) is 18.2 Å². The number of nitrogens with zero attached hydrogens (tertiary/aromatic N) is 2. The van der Waals surface area contributed by atoms with Crippen LogP contribution < -0.4 is 11.1 Å². The lowest BCUT2D eigenvalue weighted by atomic mass is 10.1. The third kappa shape index (κ3) is 5.00. The second kappa shape index (κ2) is 8.56. The number of halogens is 1. The molecule has 0 saturated carbocycles. The largest absolute Gasteiger partial charge is 0.389 e. The number of anilines is 1. The average Bonchev–Trinajstić information content (AvgIpc) is 2.57. The van der Waals surface area contributed by atoms with Crippen LogP contribution in [-0.4, -0.2) is 11.7 Å². The van der Waals surface area contributed by atoms with Crippen molar-refractivity contribution < 1.29 is 9.63 Å². The summed E-state index contributed by atoms with van der Waals surface area (Å²) in [6, 6.07) is 15.9. The van der Waals surface area contributed by atoms with Crippen LogP contribution >= 0.6 is 11.6 Å². The lowest BCUT2D eigenvalue weighted by Gasteiger charge is -2.07. The molecule has 0 unspecified atom stereocenters. The fourth-order valence-electron chi connectivity index (χ4n) is 1.89. The molecule has 0 heterocycles. The van der Waals surface area contributed by atoms with E-state index < -0.39 is 0 Å². The van der Waals surface area contributed by atoms with Crippen molar-refractivity contribution in [1.29, 1.82) is 5.26 Å². The maximum Gasteiger partial charge on any atom is 0.232 e. The zero-order valence-electron chi connectivity index (χ0n) is 12.7. The predicted octanol–water partition coefficient (Wildman–Crippen LogP) is 3.03. The van der Waals surface area contributed by atoms with Crippen molar-refractivity contribution in [2.24, 2.45) is 10.9 Å². The van der Waals surface area contributed by atoms with Crippen molar-refractivity contribution in [2.75, 3.05) is 5.32 Å². The van der Waals surface area contributed by atoms with Gasteiger partial charge in [-0.25, -0.2) is 0 Å². The number of rotatable bonds is 6. The van der Waals surface area contributed by atoms with Crippen LogP contribution in [0.4, 0.5) is 5.69 Å². The molecule has 0 radical (unpaired) electrons. The number of para-hydroxylation sites is 1. The lowest BCUT2D eigenvalue weighted by molar-refractivity contribution is -0.115. The van der Waals surface area contributed by atoms with Gasteiger partial charge in [0.2, 0.25) is 5.91 Å². The number of amidine groups is 1. The van der Waals surface area contributed by atoms with E-state index in [0.29, 0.717) is 21.8 Å². The first-order valence-corrected chi connectivity index (χ1v) is 7.44. The van der Waals surface area contributed by atoms with E-state index >= 15 is 0 Å². The SMILES string of the molecule is N#Cc1ccccc1CO/N=C(\N)CC(=O)Nc1ccccc1Cl. The molecule has 0 aliphatic rings. The van der Waals surface area contributed by atoms with Crippen molar-refractivity contribution in [2.45, 2.75) is 13.0 Å². The second-order valence-electron chi connectivity index (χ2n) is 4.83. The summed E-state index contributed by atoms with van der Waals surface area (Å²) in [5.74, 6) is -0.334. The molecule has 0 aliphatic carbocycles. The van der Waals surface area contributed by atoms with Crippen LogP contribution in [0.1, 0.15) is 17.5 Å². The van der Waals surface area contributed by atoms with Crippen molar-refractivity contribution in [3.05, 3.63) is 64.7 Å². The Morgan fingerprint density at radius 2 is 1.96 bits per heavy atom. The first-order chi connectivity index (χ1) is 11.6. The summed E-state index contributed by atoms with van der Waals surface area (Å²) in [5, 5.41) is 15.7. The maximum absolute atomic E-state index is 11.9. The molecule has 6 nitrogen and oxygen atoms in total. The zero-order chi connectivity index (χ0) is 17.4. The quantitative estimate of drug-likeness (QED) is 0.478. The molecule has 0 atom stereocenters. The first-order valence-electron chi connectivity index (χ1n) is 7.07. The minimum atomic E-state index is -0.356. The van der Waals surface area contributed by atoms with Gasteiger partial charge >= 0.3 is 0 Å². The zero-order valence-corrected chi connectivity index (χ0v) is 13.5. The van der Waals surface area contributed by atoms with Crippen LogP contribution in [0, 0.1) is 11.3 Å². The third-order valence-electron chi connectivity index (χ3n) is 3.03. The van der Waals surface area contributed by atoms with Gasteiger partial charge in [-0.1, -0.05) is 47.1 Å². The van der Waals surface area contributed by atoms with Crippen LogP contribution in [0.25, 0.3) is 0 Å². The summed E-state index contributed by atoms with van der Waals surface area (Å²) >= 11 is 5.96. The smallest absolute Gasteiger partial charge is 0.232 e. The molecule has 0 aliphatic heterocycles. The molecular weight excluding hydrogens is 328 g/mol. The highest BCUT2D eigenvalue weighted by molar-refractivity contribution is 6.33. The standard InChI is InChI=1S/C17H15ClN4O2/c18-14-7-3-4-8-15(14)21-17(23)9-16(20)22-24-11-13-6-2-1-5-12(13)10-19/h1-8H,9,11H2,(H2,20,22)(H,21,23). The number of nitrogens with two attached hydrogens (primary N) is 1. The van der Waals surface area contributed by atoms with E-state index in [-0.39, 0.29) is 24.8 Å². The van der Waals surface area contributed by atoms with E-state index in [1.807, 2.05) is 0 Å². The molecule has 0 saturated heterocycles. The molecule has 2 rings (SSSR count). The molecule has 24 heavy (non-hydrogen) atoms. The molecule has 1 amide bonds. The van der Waals surface area contributed by atoms with Gasteiger partial charge in [-0.3, -0.25) is 4.79 Å². The number of hydrogen-bond donors (Lipinski definition) is 2. The number of carbonyl (C=O) groups is 1. The topological polar surface area (TPSA) is 100 Å². The normalized spacial score (nSPS) is 10.8. The van der Waals surface area contributed by atoms with Gasteiger partial charge in [0, 0.05) is 5.56 Å². The molecule has 2 aromatic carbocycles. The number of benzene rings is 2. The van der Waals surface area contributed by atoms with Crippen molar-refractivity contribution in [3.63, 3.8) is 0 Å². The molecule has 122 valence electrons. The lowest BCUT2D eigenvalue weighted by Crippen LogP contribution is -2.22. The van der Waals surface area contributed by atoms with Gasteiger partial charge in [0.25, 0.3) is 0 Å². The van der Waals surface area contributed by atoms with Crippen LogP contribution in [0.3, 0.4) is 0 Å². The Balaban J connectivity index is 1.87. The summed E-state index contributed by atoms with van der Waals surface area (Å²) in [4.78, 5) is 17.0. The summed E-state index contributed by atoms with van der Waals surface area (Å²) in [6.07, 6.45) is -0.134. The highest BCUT2D eigenvalue weighted by atomic mass is 35.5. The molecule has 3 N–H and O–H groups in total. The van der Waals surface area contributed by atoms with E-state index in [1.165, 1.54) is 0 Å². The van der Waals surface area contributed by atoms with Crippen molar-refractivity contribution >= 4 is 29.0 Å². The highest BCUT2D eigenvalue weighted by Gasteiger charge is 2.08. The summed E-state index contributed by atoms with van der Waals surface area (Å²) in [7, 11) is 0. The molecule has 7 heteroatoms. The highest BCUT2D eigenvalue weighted by Crippen LogP contribution is 2.20. The fourth-order valence-corrected chi connectivity index (χ4v) is 2.08. The van der Waals surface area contributed by atoms with Gasteiger partial charge in [0.05, 0.1) is 28.8 Å². The van der Waals surface area contributed by atoms with Gasteiger partial charge in [0.1, 0.15) is 12.4 Å². The Kier molecular flexibility index (Phi) is 6.17. The van der Waals surface area contributed by atoms with Crippen molar-refractivity contribution in [1.82, 2.24) is 0 Å². The van der Waals surface area contributed by atoms with Crippen LogP contribution in [0.2, 0.25) is 5.02 Å². The van der Waals surface area contributed by atoms with Crippen LogP contribution in [0.5, 0.6) is 0 Å². The minimum Gasteiger partial charge on any atom is -0.389 e. The van der Waals surface area contributed by atoms with E-state index in [9.17, 15) is 4.79 Å². The van der Waals surface area contributed by atoms with Gasteiger partial charge in [0.15, 0.2) is 0 Å². The van der Waals surface area contributed by atoms with E-state index in [4.69, 9.17) is 27.4 Å². The summed E-state index contributed by atoms with van der Waals surface area (Å²) in [6.45, 7) is 0.0938. The van der Waals surface area contributed by atoms with E-state index in [2.05, 4.69) is 16.5 Å². The third-order valence-corrected chi connectivity index (χ3v) is 3.36. The van der Waals surface area contributed by atoms with Gasteiger partial charge in [-0.2, -0.15) is 5.26 Å². The molecule has 0 spiro atoms. The second-order valence-corrected chi connectivity index (χ2v) is 5.24. The molecule has 0 bridgehead atoms. The maximum atomic E-state index is 11.9. The summed E-state index contributed by atoms with van der Waals surface area (Å²) < 4.78 is 0. The Bertz CT molecular complexity index is 799. The number of nitrogens with one attached hydrogen (secondary N) is 1. The Morgan fingerprint density at radius 3 is 2.71 bits per heavy atom. The summed E-state index contributed by atoms with van der Waals surface area (Å²) in [5.41, 5.74) is 7.36. The van der Waals surface area contributed by atoms with E-state index in [1.54, 1.807) is 48.5 Å². The predicted molar refractivity (Wildman–Crippen MR) is 92.3 cm³/mol. The number of carbonyl (C=O) groups excluding carboxylic acids is 1. The molecule has 0 fully saturated rings. The minimum absolute atomic E-state index is 0.0222. The van der Waals surface area contributed by atoms with Crippen LogP contribution in [-0.2, 0) is 16.2 Å². The van der Waals surface area contributed by atoms with E-state index in [0.717, 1.165) is 0 Å². The van der Waals surface area contributed by atoms with Gasteiger partial charge < -0.3 is 15.9 Å². The monoisotopic (exact) mass is 342 g/mol. The average molecular weight is 343 g/mol. The first kappa shape index (κ1) is 17.3. The van der Waals surface area contributed by atoms with Crippen molar-refractivity contribution in [3.8, 4) is 6.07 Å². The Labute approximate surface area is 144 Å². The molecule has 2 aromatic rings.